The van der Waals surface area contributed by atoms with Gasteiger partial charge < -0.3 is 9.64 Å². The van der Waals surface area contributed by atoms with E-state index < -0.39 is 0 Å². The number of rotatable bonds is 3. The first-order valence-electron chi connectivity index (χ1n) is 7.92. The highest BCUT2D eigenvalue weighted by atomic mass is 16.5. The molecule has 2 aromatic rings. The van der Waals surface area contributed by atoms with Crippen LogP contribution in [-0.4, -0.2) is 40.2 Å². The average molecular weight is 322 g/mol. The molecule has 6 nitrogen and oxygen atoms in total. The molecule has 0 saturated carbocycles. The first kappa shape index (κ1) is 15.9. The molecule has 1 amide bonds. The zero-order valence-electron chi connectivity index (χ0n) is 13.5. The Morgan fingerprint density at radius 3 is 2.71 bits per heavy atom. The highest BCUT2D eigenvalue weighted by Crippen LogP contribution is 2.18. The summed E-state index contributed by atoms with van der Waals surface area (Å²) in [5.41, 5.74) is 1.97. The van der Waals surface area contributed by atoms with Crippen LogP contribution in [-0.2, 0) is 0 Å². The van der Waals surface area contributed by atoms with Crippen molar-refractivity contribution >= 4 is 5.91 Å². The quantitative estimate of drug-likeness (QED) is 0.866. The third-order valence-electron chi connectivity index (χ3n) is 3.99. The Morgan fingerprint density at radius 2 is 2.04 bits per heavy atom. The molecular formula is C18H18N4O2. The molecule has 0 spiro atoms. The topological polar surface area (TPSA) is 79.1 Å². The summed E-state index contributed by atoms with van der Waals surface area (Å²) < 4.78 is 5.85. The lowest BCUT2D eigenvalue weighted by molar-refractivity contribution is 0.0525. The van der Waals surface area contributed by atoms with Crippen LogP contribution in [0.15, 0.2) is 36.4 Å². The van der Waals surface area contributed by atoms with E-state index in [4.69, 9.17) is 10.00 Å². The molecule has 1 aromatic heterocycles. The van der Waals surface area contributed by atoms with Gasteiger partial charge in [0.15, 0.2) is 0 Å². The summed E-state index contributed by atoms with van der Waals surface area (Å²) in [6.07, 6.45) is 1.68. The maximum Gasteiger partial charge on any atom is 0.253 e. The highest BCUT2D eigenvalue weighted by molar-refractivity contribution is 5.94. The van der Waals surface area contributed by atoms with Gasteiger partial charge in [0.05, 0.1) is 23.9 Å². The Bertz CT molecular complexity index is 750. The fourth-order valence-electron chi connectivity index (χ4n) is 2.71. The van der Waals surface area contributed by atoms with Gasteiger partial charge in [-0.2, -0.15) is 10.4 Å². The number of nitrogens with zero attached hydrogens (tertiary/aromatic N) is 4. The fraction of sp³-hybridized carbons (Fsp3) is 0.333. The predicted octanol–water partition coefficient (Wildman–Crippen LogP) is 2.34. The van der Waals surface area contributed by atoms with E-state index in [9.17, 15) is 4.79 Å². The molecule has 0 radical (unpaired) electrons. The van der Waals surface area contributed by atoms with Crippen LogP contribution in [0.2, 0.25) is 0 Å². The van der Waals surface area contributed by atoms with Crippen LogP contribution >= 0.6 is 0 Å². The number of hydrogen-bond donors (Lipinski definition) is 0. The maximum atomic E-state index is 12.6. The molecule has 1 saturated heterocycles. The molecule has 6 heteroatoms. The van der Waals surface area contributed by atoms with Crippen molar-refractivity contribution in [1.29, 1.82) is 5.26 Å². The minimum absolute atomic E-state index is 0.0391. The van der Waals surface area contributed by atoms with E-state index in [1.807, 2.05) is 13.0 Å². The Morgan fingerprint density at radius 1 is 1.25 bits per heavy atom. The van der Waals surface area contributed by atoms with Gasteiger partial charge in [-0.3, -0.25) is 4.79 Å². The Kier molecular flexibility index (Phi) is 4.71. The van der Waals surface area contributed by atoms with Gasteiger partial charge in [-0.05, 0) is 50.1 Å². The first-order chi connectivity index (χ1) is 11.7. The third-order valence-corrected chi connectivity index (χ3v) is 3.99. The van der Waals surface area contributed by atoms with Crippen molar-refractivity contribution in [2.24, 2.45) is 0 Å². The molecule has 0 unspecified atom stereocenters. The Balaban J connectivity index is 1.65. The predicted molar refractivity (Wildman–Crippen MR) is 87.5 cm³/mol. The van der Waals surface area contributed by atoms with Gasteiger partial charge in [-0.1, -0.05) is 0 Å². The standard InChI is InChI=1S/C18H18N4O2/c1-13-4-9-17(21-20-13)24-16-3-2-10-22(12-16)18(23)15-7-5-14(11-19)6-8-15/h4-9,16H,2-3,10,12H2,1H3/t16-/m1/s1. The number of hydrogen-bond acceptors (Lipinski definition) is 5. The van der Waals surface area contributed by atoms with Crippen molar-refractivity contribution in [3.63, 3.8) is 0 Å². The second-order valence-electron chi connectivity index (χ2n) is 5.84. The molecule has 122 valence electrons. The highest BCUT2D eigenvalue weighted by Gasteiger charge is 2.26. The minimum atomic E-state index is -0.0851. The van der Waals surface area contributed by atoms with Gasteiger partial charge in [-0.15, -0.1) is 5.10 Å². The van der Waals surface area contributed by atoms with Crippen LogP contribution < -0.4 is 4.74 Å². The van der Waals surface area contributed by atoms with Crippen molar-refractivity contribution < 1.29 is 9.53 Å². The lowest BCUT2D eigenvalue weighted by atomic mass is 10.1. The number of carbonyl (C=O) groups excluding carboxylic acids is 1. The molecule has 1 fully saturated rings. The molecule has 24 heavy (non-hydrogen) atoms. The Labute approximate surface area is 140 Å². The second-order valence-corrected chi connectivity index (χ2v) is 5.84. The van der Waals surface area contributed by atoms with Crippen molar-refractivity contribution in [3.05, 3.63) is 53.2 Å². The van der Waals surface area contributed by atoms with Gasteiger partial charge in [0.1, 0.15) is 6.10 Å². The third kappa shape index (κ3) is 3.69. The molecule has 2 heterocycles. The molecule has 0 bridgehead atoms. The normalized spacial score (nSPS) is 17.2. The number of aryl methyl sites for hydroxylation is 1. The van der Waals surface area contributed by atoms with E-state index in [0.29, 0.717) is 30.1 Å². The maximum absolute atomic E-state index is 12.6. The van der Waals surface area contributed by atoms with Crippen LogP contribution in [0, 0.1) is 18.3 Å². The van der Waals surface area contributed by atoms with Gasteiger partial charge >= 0.3 is 0 Å². The lowest BCUT2D eigenvalue weighted by Gasteiger charge is -2.32. The van der Waals surface area contributed by atoms with Crippen LogP contribution in [0.4, 0.5) is 0 Å². The number of ether oxygens (including phenoxy) is 1. The summed E-state index contributed by atoms with van der Waals surface area (Å²) in [5, 5.41) is 16.8. The molecule has 0 N–H and O–H groups in total. The van der Waals surface area contributed by atoms with E-state index in [1.165, 1.54) is 0 Å². The zero-order valence-corrected chi connectivity index (χ0v) is 13.5. The average Bonchev–Trinajstić information content (AvgIpc) is 2.63. The summed E-state index contributed by atoms with van der Waals surface area (Å²) in [6.45, 7) is 3.10. The minimum Gasteiger partial charge on any atom is -0.471 e. The van der Waals surface area contributed by atoms with E-state index in [-0.39, 0.29) is 12.0 Å². The summed E-state index contributed by atoms with van der Waals surface area (Å²) in [5.74, 6) is 0.445. The van der Waals surface area contributed by atoms with Gasteiger partial charge in [0.25, 0.3) is 5.91 Å². The molecule has 0 aliphatic carbocycles. The van der Waals surface area contributed by atoms with Crippen LogP contribution in [0.25, 0.3) is 0 Å². The summed E-state index contributed by atoms with van der Waals surface area (Å²) in [7, 11) is 0. The molecular weight excluding hydrogens is 304 g/mol. The van der Waals surface area contributed by atoms with Crippen LogP contribution in [0.1, 0.15) is 34.5 Å². The first-order valence-corrected chi connectivity index (χ1v) is 7.92. The van der Waals surface area contributed by atoms with Crippen molar-refractivity contribution in [2.45, 2.75) is 25.9 Å². The van der Waals surface area contributed by atoms with Crippen molar-refractivity contribution in [1.82, 2.24) is 15.1 Å². The smallest absolute Gasteiger partial charge is 0.253 e. The number of amides is 1. The largest absolute Gasteiger partial charge is 0.471 e. The number of benzene rings is 1. The number of likely N-dealkylation sites (tertiary alicyclic amines) is 1. The fourth-order valence-corrected chi connectivity index (χ4v) is 2.71. The number of piperidine rings is 1. The van der Waals surface area contributed by atoms with Gasteiger partial charge in [-0.25, -0.2) is 0 Å². The zero-order chi connectivity index (χ0) is 16.9. The molecule has 1 aliphatic rings. The molecule has 1 atom stereocenters. The van der Waals surface area contributed by atoms with Crippen molar-refractivity contribution in [2.75, 3.05) is 13.1 Å². The van der Waals surface area contributed by atoms with E-state index in [0.717, 1.165) is 18.5 Å². The summed E-state index contributed by atoms with van der Waals surface area (Å²) in [4.78, 5) is 14.4. The van der Waals surface area contributed by atoms with Gasteiger partial charge in [0.2, 0.25) is 5.88 Å². The van der Waals surface area contributed by atoms with E-state index in [2.05, 4.69) is 16.3 Å². The molecule has 1 aromatic carbocycles. The number of carbonyl (C=O) groups is 1. The van der Waals surface area contributed by atoms with E-state index >= 15 is 0 Å². The second kappa shape index (κ2) is 7.09. The Hall–Kier alpha value is -2.94. The number of aromatic nitrogens is 2. The lowest BCUT2D eigenvalue weighted by Crippen LogP contribution is -2.44. The summed E-state index contributed by atoms with van der Waals surface area (Å²) >= 11 is 0. The molecule has 1 aliphatic heterocycles. The molecule has 3 rings (SSSR count). The van der Waals surface area contributed by atoms with Crippen molar-refractivity contribution in [3.8, 4) is 11.9 Å². The van der Waals surface area contributed by atoms with E-state index in [1.54, 1.807) is 35.2 Å². The SMILES string of the molecule is Cc1ccc(O[C@@H]2CCCN(C(=O)c3ccc(C#N)cc3)C2)nn1. The van der Waals surface area contributed by atoms with Crippen LogP contribution in [0.3, 0.4) is 0 Å². The monoisotopic (exact) mass is 322 g/mol. The number of nitriles is 1. The van der Waals surface area contributed by atoms with Crippen LogP contribution in [0.5, 0.6) is 5.88 Å². The summed E-state index contributed by atoms with van der Waals surface area (Å²) in [6, 6.07) is 12.4. The van der Waals surface area contributed by atoms with Gasteiger partial charge in [0, 0.05) is 18.2 Å².